The van der Waals surface area contributed by atoms with E-state index in [4.69, 9.17) is 9.47 Å². The van der Waals surface area contributed by atoms with Gasteiger partial charge in [0.15, 0.2) is 0 Å². The molecular weight excluding hydrogens is 372 g/mol. The van der Waals surface area contributed by atoms with Crippen LogP contribution in [0.15, 0.2) is 24.3 Å². The lowest BCUT2D eigenvalue weighted by Gasteiger charge is -2.07. The van der Waals surface area contributed by atoms with E-state index in [9.17, 15) is 19.2 Å². The maximum Gasteiger partial charge on any atom is 0.333 e. The van der Waals surface area contributed by atoms with Crippen LogP contribution in [0.25, 0.3) is 0 Å². The smallest absolute Gasteiger partial charge is 0.333 e. The Balaban J connectivity index is 3.53. The number of ether oxygens (including phenoxy) is 2. The molecule has 0 saturated carbocycles. The molecule has 0 atom stereocenters. The predicted octanol–water partition coefficient (Wildman–Crippen LogP) is 0.971. The molecule has 0 saturated heterocycles. The van der Waals surface area contributed by atoms with Crippen molar-refractivity contribution < 1.29 is 28.7 Å². The minimum atomic E-state index is -0.480. The third-order valence-corrected chi connectivity index (χ3v) is 3.94. The molecule has 8 nitrogen and oxygen atoms in total. The number of thioether (sulfide) groups is 1. The van der Waals surface area contributed by atoms with Gasteiger partial charge < -0.3 is 20.1 Å². The fourth-order valence-electron chi connectivity index (χ4n) is 1.52. The Kier molecular flexibility index (Phi) is 13.6. The normalized spacial score (nSPS) is 9.85. The quantitative estimate of drug-likeness (QED) is 0.254. The maximum absolute atomic E-state index is 11.6. The van der Waals surface area contributed by atoms with Crippen LogP contribution < -0.4 is 10.6 Å². The molecule has 0 aromatic rings. The van der Waals surface area contributed by atoms with Crippen molar-refractivity contribution in [2.45, 2.75) is 26.7 Å². The van der Waals surface area contributed by atoms with Gasteiger partial charge in [-0.05, 0) is 13.8 Å². The molecule has 0 fully saturated rings. The van der Waals surface area contributed by atoms with Crippen LogP contribution in [0.5, 0.6) is 0 Å². The second-order valence-electron chi connectivity index (χ2n) is 5.64. The Morgan fingerprint density at radius 3 is 1.48 bits per heavy atom. The van der Waals surface area contributed by atoms with Gasteiger partial charge in [-0.25, -0.2) is 9.59 Å². The zero-order chi connectivity index (χ0) is 20.7. The third-order valence-electron chi connectivity index (χ3n) is 2.96. The van der Waals surface area contributed by atoms with Crippen LogP contribution >= 0.6 is 11.8 Å². The van der Waals surface area contributed by atoms with E-state index in [0.29, 0.717) is 35.5 Å². The molecule has 152 valence electrons. The summed E-state index contributed by atoms with van der Waals surface area (Å²) in [4.78, 5) is 45.4. The number of hydrogen-bond acceptors (Lipinski definition) is 7. The van der Waals surface area contributed by atoms with Gasteiger partial charge >= 0.3 is 11.9 Å². The summed E-state index contributed by atoms with van der Waals surface area (Å²) in [7, 11) is 0. The van der Waals surface area contributed by atoms with Crippen LogP contribution in [0.2, 0.25) is 0 Å². The number of rotatable bonds is 14. The summed E-state index contributed by atoms with van der Waals surface area (Å²) >= 11 is 1.49. The van der Waals surface area contributed by atoms with E-state index in [-0.39, 0.29) is 38.1 Å². The minimum Gasteiger partial charge on any atom is -0.460 e. The SMILES string of the molecule is C=C(C)C(=O)OCCNC(=O)CCSCCC(=O)NCCOC(=O)C(=C)C. The van der Waals surface area contributed by atoms with Crippen molar-refractivity contribution in [1.82, 2.24) is 10.6 Å². The van der Waals surface area contributed by atoms with Crippen LogP contribution in [0.3, 0.4) is 0 Å². The number of nitrogens with one attached hydrogen (secondary N) is 2. The van der Waals surface area contributed by atoms with Gasteiger partial charge in [0.25, 0.3) is 0 Å². The molecule has 0 heterocycles. The minimum absolute atomic E-state index is 0.104. The molecule has 2 amide bonds. The molecule has 0 rings (SSSR count). The van der Waals surface area contributed by atoms with Gasteiger partial charge in [-0.15, -0.1) is 0 Å². The Bertz CT molecular complexity index is 514. The highest BCUT2D eigenvalue weighted by Crippen LogP contribution is 2.04. The summed E-state index contributed by atoms with van der Waals surface area (Å²) in [6, 6.07) is 0. The van der Waals surface area contributed by atoms with Crippen molar-refractivity contribution >= 4 is 35.5 Å². The molecule has 0 aromatic carbocycles. The van der Waals surface area contributed by atoms with Crippen molar-refractivity contribution in [2.75, 3.05) is 37.8 Å². The van der Waals surface area contributed by atoms with Crippen molar-refractivity contribution in [3.8, 4) is 0 Å². The fraction of sp³-hybridized carbons (Fsp3) is 0.556. The summed E-state index contributed by atoms with van der Waals surface area (Å²) in [5.74, 6) is -0.0728. The van der Waals surface area contributed by atoms with Crippen LogP contribution in [0, 0.1) is 0 Å². The van der Waals surface area contributed by atoms with Gasteiger partial charge in [-0.1, -0.05) is 13.2 Å². The lowest BCUT2D eigenvalue weighted by molar-refractivity contribution is -0.139. The molecule has 0 aliphatic heterocycles. The number of carbonyl (C=O) groups excluding carboxylic acids is 4. The van der Waals surface area contributed by atoms with Crippen LogP contribution in [0.4, 0.5) is 0 Å². The van der Waals surface area contributed by atoms with Gasteiger partial charge in [0.2, 0.25) is 11.8 Å². The van der Waals surface area contributed by atoms with E-state index in [0.717, 1.165) is 0 Å². The standard InChI is InChI=1S/C18H28N2O6S/c1-13(2)17(23)25-9-7-19-15(21)5-11-27-12-6-16(22)20-8-10-26-18(24)14(3)4/h1,3,5-12H2,2,4H3,(H,19,21)(H,20,22). The fourth-order valence-corrected chi connectivity index (χ4v) is 2.39. The van der Waals surface area contributed by atoms with Gasteiger partial charge in [0.1, 0.15) is 13.2 Å². The Morgan fingerprint density at radius 1 is 0.778 bits per heavy atom. The Hall–Kier alpha value is -2.29. The first kappa shape index (κ1) is 24.7. The lowest BCUT2D eigenvalue weighted by atomic mass is 10.4. The van der Waals surface area contributed by atoms with Crippen molar-refractivity contribution in [3.63, 3.8) is 0 Å². The topological polar surface area (TPSA) is 111 Å². The van der Waals surface area contributed by atoms with Gasteiger partial charge in [-0.2, -0.15) is 11.8 Å². The molecule has 2 N–H and O–H groups in total. The molecule has 27 heavy (non-hydrogen) atoms. The molecule has 0 radical (unpaired) electrons. The first-order chi connectivity index (χ1) is 12.7. The Labute approximate surface area is 164 Å². The molecule has 0 aromatic heterocycles. The summed E-state index contributed by atoms with van der Waals surface area (Å²) in [5, 5.41) is 5.28. The molecule has 0 bridgehead atoms. The highest BCUT2D eigenvalue weighted by atomic mass is 32.2. The maximum atomic E-state index is 11.6. The van der Waals surface area contributed by atoms with E-state index in [1.54, 1.807) is 13.8 Å². The van der Waals surface area contributed by atoms with Gasteiger partial charge in [0, 0.05) is 35.5 Å². The van der Waals surface area contributed by atoms with E-state index in [1.807, 2.05) is 0 Å². The zero-order valence-corrected chi connectivity index (χ0v) is 16.7. The van der Waals surface area contributed by atoms with Crippen molar-refractivity contribution in [3.05, 3.63) is 24.3 Å². The molecule has 0 unspecified atom stereocenters. The number of amides is 2. The van der Waals surface area contributed by atoms with Gasteiger partial charge in [0.05, 0.1) is 13.1 Å². The zero-order valence-electron chi connectivity index (χ0n) is 15.9. The average Bonchev–Trinajstić information content (AvgIpc) is 2.61. The van der Waals surface area contributed by atoms with E-state index in [2.05, 4.69) is 23.8 Å². The summed E-state index contributed by atoms with van der Waals surface area (Å²) < 4.78 is 9.71. The van der Waals surface area contributed by atoms with Gasteiger partial charge in [-0.3, -0.25) is 9.59 Å². The second kappa shape index (κ2) is 14.8. The highest BCUT2D eigenvalue weighted by molar-refractivity contribution is 7.99. The molecule has 9 heteroatoms. The first-order valence-corrected chi connectivity index (χ1v) is 9.66. The first-order valence-electron chi connectivity index (χ1n) is 8.50. The second-order valence-corrected chi connectivity index (χ2v) is 6.87. The van der Waals surface area contributed by atoms with Crippen LogP contribution in [-0.4, -0.2) is 61.6 Å². The van der Waals surface area contributed by atoms with Crippen LogP contribution in [0.1, 0.15) is 26.7 Å². The van der Waals surface area contributed by atoms with E-state index < -0.39 is 11.9 Å². The predicted molar refractivity (Wildman–Crippen MR) is 104 cm³/mol. The number of hydrogen-bond donors (Lipinski definition) is 2. The highest BCUT2D eigenvalue weighted by Gasteiger charge is 2.06. The van der Waals surface area contributed by atoms with E-state index in [1.165, 1.54) is 11.8 Å². The average molecular weight is 400 g/mol. The molecular formula is C18H28N2O6S. The van der Waals surface area contributed by atoms with Crippen LogP contribution in [-0.2, 0) is 28.7 Å². The summed E-state index contributed by atoms with van der Waals surface area (Å²) in [6.45, 7) is 10.7. The largest absolute Gasteiger partial charge is 0.460 e. The monoisotopic (exact) mass is 400 g/mol. The van der Waals surface area contributed by atoms with Crippen molar-refractivity contribution in [2.24, 2.45) is 0 Å². The lowest BCUT2D eigenvalue weighted by Crippen LogP contribution is -2.29. The number of esters is 2. The number of carbonyl (C=O) groups is 4. The van der Waals surface area contributed by atoms with E-state index >= 15 is 0 Å². The molecule has 0 aliphatic rings. The molecule has 0 spiro atoms. The summed E-state index contributed by atoms with van der Waals surface area (Å²) in [6.07, 6.45) is 0.634. The summed E-state index contributed by atoms with van der Waals surface area (Å²) in [5.41, 5.74) is 0.629. The third kappa shape index (κ3) is 14.6. The van der Waals surface area contributed by atoms with Crippen molar-refractivity contribution in [1.29, 1.82) is 0 Å². The Morgan fingerprint density at radius 2 is 1.15 bits per heavy atom. The molecule has 0 aliphatic carbocycles.